The minimum atomic E-state index is -0.366. The van der Waals surface area contributed by atoms with Gasteiger partial charge in [0.2, 0.25) is 0 Å². The van der Waals surface area contributed by atoms with E-state index in [0.717, 1.165) is 22.4 Å². The van der Waals surface area contributed by atoms with E-state index in [-0.39, 0.29) is 17.6 Å². The highest BCUT2D eigenvalue weighted by Gasteiger charge is 2.17. The van der Waals surface area contributed by atoms with Crippen molar-refractivity contribution in [2.24, 2.45) is 0 Å². The van der Waals surface area contributed by atoms with E-state index < -0.39 is 0 Å². The van der Waals surface area contributed by atoms with Gasteiger partial charge < -0.3 is 10.1 Å². The molecular formula is C16H19FN2O. The summed E-state index contributed by atoms with van der Waals surface area (Å²) in [6.45, 7) is 4.02. The maximum absolute atomic E-state index is 13.9. The minimum absolute atomic E-state index is 0.143. The highest BCUT2D eigenvalue weighted by molar-refractivity contribution is 5.37. The Morgan fingerprint density at radius 3 is 2.55 bits per heavy atom. The molecule has 0 saturated carbocycles. The van der Waals surface area contributed by atoms with Crippen molar-refractivity contribution in [2.45, 2.75) is 19.9 Å². The number of hydrogen-bond donors (Lipinski definition) is 1. The summed E-state index contributed by atoms with van der Waals surface area (Å²) in [4.78, 5) is 4.48. The van der Waals surface area contributed by atoms with Crippen molar-refractivity contribution < 1.29 is 9.13 Å². The number of halogens is 1. The van der Waals surface area contributed by atoms with Crippen molar-refractivity contribution in [3.8, 4) is 5.75 Å². The fourth-order valence-corrected chi connectivity index (χ4v) is 2.35. The first-order valence-electron chi connectivity index (χ1n) is 6.50. The quantitative estimate of drug-likeness (QED) is 0.930. The van der Waals surface area contributed by atoms with Crippen molar-refractivity contribution in [1.82, 2.24) is 10.3 Å². The van der Waals surface area contributed by atoms with Crippen LogP contribution in [-0.4, -0.2) is 19.1 Å². The van der Waals surface area contributed by atoms with E-state index in [9.17, 15) is 4.39 Å². The summed E-state index contributed by atoms with van der Waals surface area (Å²) < 4.78 is 18.8. The van der Waals surface area contributed by atoms with E-state index >= 15 is 0 Å². The van der Waals surface area contributed by atoms with Gasteiger partial charge in [-0.25, -0.2) is 4.39 Å². The van der Waals surface area contributed by atoms with Crippen LogP contribution in [0.4, 0.5) is 4.39 Å². The van der Waals surface area contributed by atoms with E-state index in [1.54, 1.807) is 6.07 Å². The second-order valence-corrected chi connectivity index (χ2v) is 4.83. The predicted molar refractivity (Wildman–Crippen MR) is 77.6 cm³/mol. The van der Waals surface area contributed by atoms with Gasteiger partial charge in [0, 0.05) is 6.20 Å². The molecule has 0 aliphatic carbocycles. The Morgan fingerprint density at radius 1 is 1.25 bits per heavy atom. The van der Waals surface area contributed by atoms with Crippen molar-refractivity contribution in [3.05, 3.63) is 58.7 Å². The predicted octanol–water partition coefficient (Wildman–Crippen LogP) is 3.15. The molecule has 0 aliphatic heterocycles. The summed E-state index contributed by atoms with van der Waals surface area (Å²) in [6, 6.07) is 6.91. The fourth-order valence-electron chi connectivity index (χ4n) is 2.35. The van der Waals surface area contributed by atoms with Crippen molar-refractivity contribution in [2.75, 3.05) is 14.2 Å². The number of methoxy groups -OCH3 is 1. The summed E-state index contributed by atoms with van der Waals surface area (Å²) in [5, 5.41) is 3.19. The fraction of sp³-hybridized carbons (Fsp3) is 0.312. The van der Waals surface area contributed by atoms with Crippen molar-refractivity contribution in [3.63, 3.8) is 0 Å². The average molecular weight is 274 g/mol. The monoisotopic (exact) mass is 274 g/mol. The number of pyridine rings is 1. The standard InChI is InChI=1S/C16H19FN2O/c1-10-7-11(2)15(19-9-10)16(18-3)12-5-6-14(20-4)13(17)8-12/h5-9,16,18H,1-4H3. The van der Waals surface area contributed by atoms with Gasteiger partial charge in [-0.2, -0.15) is 0 Å². The van der Waals surface area contributed by atoms with Crippen LogP contribution >= 0.6 is 0 Å². The summed E-state index contributed by atoms with van der Waals surface area (Å²) in [7, 11) is 3.30. The summed E-state index contributed by atoms with van der Waals surface area (Å²) in [5.74, 6) is -0.118. The zero-order valence-electron chi connectivity index (χ0n) is 12.2. The van der Waals surface area contributed by atoms with Gasteiger partial charge in [0.05, 0.1) is 18.8 Å². The van der Waals surface area contributed by atoms with Gasteiger partial charge in [0.1, 0.15) is 0 Å². The third-order valence-electron chi connectivity index (χ3n) is 3.33. The van der Waals surface area contributed by atoms with Crippen LogP contribution in [0, 0.1) is 19.7 Å². The molecule has 2 aromatic rings. The van der Waals surface area contributed by atoms with Gasteiger partial charge >= 0.3 is 0 Å². The zero-order valence-corrected chi connectivity index (χ0v) is 12.2. The van der Waals surface area contributed by atoms with Crippen LogP contribution in [0.3, 0.4) is 0 Å². The molecule has 0 spiro atoms. The van der Waals surface area contributed by atoms with Gasteiger partial charge in [-0.3, -0.25) is 4.98 Å². The van der Waals surface area contributed by atoms with Gasteiger partial charge in [-0.1, -0.05) is 12.1 Å². The molecule has 2 rings (SSSR count). The highest BCUT2D eigenvalue weighted by Crippen LogP contribution is 2.27. The molecule has 1 unspecified atom stereocenters. The second-order valence-electron chi connectivity index (χ2n) is 4.83. The number of rotatable bonds is 4. The lowest BCUT2D eigenvalue weighted by molar-refractivity contribution is 0.386. The minimum Gasteiger partial charge on any atom is -0.494 e. The maximum Gasteiger partial charge on any atom is 0.165 e. The largest absolute Gasteiger partial charge is 0.494 e. The Bertz CT molecular complexity index is 613. The first-order valence-corrected chi connectivity index (χ1v) is 6.50. The molecule has 106 valence electrons. The molecule has 0 fully saturated rings. The molecule has 0 aliphatic rings. The van der Waals surface area contributed by atoms with Crippen LogP contribution in [0.15, 0.2) is 30.5 Å². The van der Waals surface area contributed by atoms with E-state index in [2.05, 4.69) is 16.4 Å². The maximum atomic E-state index is 13.9. The molecule has 0 radical (unpaired) electrons. The second kappa shape index (κ2) is 6.01. The van der Waals surface area contributed by atoms with Crippen LogP contribution in [0.2, 0.25) is 0 Å². The SMILES string of the molecule is CNC(c1ccc(OC)c(F)c1)c1ncc(C)cc1C. The molecule has 1 aromatic heterocycles. The molecule has 1 aromatic carbocycles. The first kappa shape index (κ1) is 14.5. The molecule has 4 heteroatoms. The molecule has 1 atom stereocenters. The number of aromatic nitrogens is 1. The first-order chi connectivity index (χ1) is 9.56. The molecule has 1 heterocycles. The Labute approximate surface area is 118 Å². The molecule has 3 nitrogen and oxygen atoms in total. The number of nitrogens with one attached hydrogen (secondary N) is 1. The van der Waals surface area contributed by atoms with E-state index in [4.69, 9.17) is 4.74 Å². The average Bonchev–Trinajstić information content (AvgIpc) is 2.42. The van der Waals surface area contributed by atoms with Crippen LogP contribution in [-0.2, 0) is 0 Å². The van der Waals surface area contributed by atoms with Crippen molar-refractivity contribution in [1.29, 1.82) is 0 Å². The van der Waals surface area contributed by atoms with Gasteiger partial charge in [0.15, 0.2) is 11.6 Å². The lowest BCUT2D eigenvalue weighted by Crippen LogP contribution is -2.20. The van der Waals surface area contributed by atoms with Gasteiger partial charge in [0.25, 0.3) is 0 Å². The topological polar surface area (TPSA) is 34.1 Å². The smallest absolute Gasteiger partial charge is 0.165 e. The number of nitrogens with zero attached hydrogens (tertiary/aromatic N) is 1. The third kappa shape index (κ3) is 2.80. The third-order valence-corrected chi connectivity index (χ3v) is 3.33. The summed E-state index contributed by atoms with van der Waals surface area (Å²) >= 11 is 0. The molecule has 20 heavy (non-hydrogen) atoms. The Balaban J connectivity index is 2.44. The number of benzene rings is 1. The zero-order chi connectivity index (χ0) is 14.7. The highest BCUT2D eigenvalue weighted by atomic mass is 19.1. The normalized spacial score (nSPS) is 12.2. The molecular weight excluding hydrogens is 255 g/mol. The van der Waals surface area contributed by atoms with E-state index in [1.807, 2.05) is 33.2 Å². The Hall–Kier alpha value is -1.94. The van der Waals surface area contributed by atoms with Crippen LogP contribution in [0.25, 0.3) is 0 Å². The van der Waals surface area contributed by atoms with Gasteiger partial charge in [-0.15, -0.1) is 0 Å². The molecule has 1 N–H and O–H groups in total. The lowest BCUT2D eigenvalue weighted by atomic mass is 9.99. The molecule has 0 bridgehead atoms. The van der Waals surface area contributed by atoms with Crippen molar-refractivity contribution >= 4 is 0 Å². The number of hydrogen-bond acceptors (Lipinski definition) is 3. The van der Waals surface area contributed by atoms with E-state index in [0.29, 0.717) is 0 Å². The Morgan fingerprint density at radius 2 is 2.00 bits per heavy atom. The number of aryl methyl sites for hydroxylation is 2. The summed E-state index contributed by atoms with van der Waals surface area (Å²) in [5.41, 5.74) is 3.93. The summed E-state index contributed by atoms with van der Waals surface area (Å²) in [6.07, 6.45) is 1.83. The lowest BCUT2D eigenvalue weighted by Gasteiger charge is -2.19. The molecule has 0 amide bonds. The van der Waals surface area contributed by atoms with Crippen LogP contribution in [0.1, 0.15) is 28.4 Å². The van der Waals surface area contributed by atoms with E-state index in [1.165, 1.54) is 13.2 Å². The van der Waals surface area contributed by atoms with Gasteiger partial charge in [-0.05, 0) is 49.7 Å². The number of ether oxygens (including phenoxy) is 1. The molecule has 0 saturated heterocycles. The van der Waals surface area contributed by atoms with Crippen LogP contribution < -0.4 is 10.1 Å². The van der Waals surface area contributed by atoms with Crippen LogP contribution in [0.5, 0.6) is 5.75 Å². The Kier molecular flexibility index (Phi) is 4.35.